The van der Waals surface area contributed by atoms with E-state index in [0.717, 1.165) is 0 Å². The Bertz CT molecular complexity index is 513. The van der Waals surface area contributed by atoms with Crippen LogP contribution in [0.1, 0.15) is 55.4 Å². The van der Waals surface area contributed by atoms with Gasteiger partial charge in [0.2, 0.25) is 0 Å². The second-order valence-corrected chi connectivity index (χ2v) is 5.59. The quantitative estimate of drug-likeness (QED) is 0.285. The molecule has 0 saturated carbocycles. The minimum atomic E-state index is -0.125. The third kappa shape index (κ3) is 77.2. The molecule has 0 bridgehead atoms. The summed E-state index contributed by atoms with van der Waals surface area (Å²) < 4.78 is 0. The van der Waals surface area contributed by atoms with Crippen molar-refractivity contribution in [2.75, 3.05) is 0 Å². The standard InChI is InChI=1S/4C5H8O2.Ti/c4*1-4(6)3-5(2)7;/h4*3,6H,1-2H3;/b4*4-3+;. The smallest absolute Gasteiger partial charge is 0.155 e. The Morgan fingerprint density at radius 3 is 0.517 bits per heavy atom. The number of carbonyl (C=O) groups excluding carboxylic acids is 4. The van der Waals surface area contributed by atoms with E-state index in [1.807, 2.05) is 0 Å². The molecule has 0 aliphatic rings. The molecule has 0 unspecified atom stereocenters. The second kappa shape index (κ2) is 23.6. The summed E-state index contributed by atoms with van der Waals surface area (Å²) in [6.45, 7) is 11.4. The Balaban J connectivity index is -0.0000000873. The zero-order valence-corrected chi connectivity index (χ0v) is 19.8. The zero-order chi connectivity index (χ0) is 23.4. The van der Waals surface area contributed by atoms with Crippen LogP contribution in [0, 0.1) is 0 Å². The summed E-state index contributed by atoms with van der Waals surface area (Å²) in [4.78, 5) is 40.1. The summed E-state index contributed by atoms with van der Waals surface area (Å²) in [5.74, 6) is -0.250. The van der Waals surface area contributed by atoms with Crippen LogP contribution in [0.25, 0.3) is 0 Å². The van der Waals surface area contributed by atoms with Crippen molar-refractivity contribution in [3.8, 4) is 0 Å². The molecule has 9 heteroatoms. The molecule has 0 aromatic rings. The van der Waals surface area contributed by atoms with E-state index >= 15 is 0 Å². The number of hydrogen-bond donors (Lipinski definition) is 4. The van der Waals surface area contributed by atoms with Crippen molar-refractivity contribution in [2.45, 2.75) is 55.4 Å². The third-order valence-electron chi connectivity index (χ3n) is 1.65. The number of aliphatic hydroxyl groups excluding tert-OH is 4. The molecule has 29 heavy (non-hydrogen) atoms. The molecule has 0 atom stereocenters. The van der Waals surface area contributed by atoms with Crippen LogP contribution in [-0.4, -0.2) is 43.6 Å². The fourth-order valence-corrected chi connectivity index (χ4v) is 1.18. The predicted octanol–water partition coefficient (Wildman–Crippen LogP) is 4.15. The number of hydrogen-bond acceptors (Lipinski definition) is 8. The molecule has 0 aromatic carbocycles. The van der Waals surface area contributed by atoms with Crippen LogP contribution in [0.5, 0.6) is 0 Å². The van der Waals surface area contributed by atoms with Gasteiger partial charge in [-0.2, -0.15) is 0 Å². The fraction of sp³-hybridized carbons (Fsp3) is 0.400. The minimum absolute atomic E-state index is 0. The van der Waals surface area contributed by atoms with E-state index in [4.69, 9.17) is 20.4 Å². The molecule has 0 heterocycles. The minimum Gasteiger partial charge on any atom is -0.512 e. The van der Waals surface area contributed by atoms with E-state index in [-0.39, 0.29) is 67.9 Å². The van der Waals surface area contributed by atoms with Gasteiger partial charge in [0.25, 0.3) is 0 Å². The van der Waals surface area contributed by atoms with Gasteiger partial charge in [0.15, 0.2) is 23.1 Å². The monoisotopic (exact) mass is 448 g/mol. The van der Waals surface area contributed by atoms with Crippen molar-refractivity contribution in [3.63, 3.8) is 0 Å². The van der Waals surface area contributed by atoms with Gasteiger partial charge in [-0.1, -0.05) is 0 Å². The Morgan fingerprint density at radius 1 is 0.414 bits per heavy atom. The average molecular weight is 448 g/mol. The molecule has 0 saturated heterocycles. The van der Waals surface area contributed by atoms with Crippen LogP contribution >= 0.6 is 0 Å². The molecular formula is C20H32O8Ti. The average Bonchev–Trinajstić information content (AvgIpc) is 2.32. The number of ketones is 4. The van der Waals surface area contributed by atoms with Crippen LogP contribution in [-0.2, 0) is 40.9 Å². The maximum Gasteiger partial charge on any atom is 0.155 e. The molecule has 4 N–H and O–H groups in total. The summed E-state index contributed by atoms with van der Waals surface area (Å²) in [5, 5.41) is 33.5. The van der Waals surface area contributed by atoms with Gasteiger partial charge in [-0.15, -0.1) is 0 Å². The van der Waals surface area contributed by atoms with E-state index in [9.17, 15) is 19.2 Å². The first kappa shape index (κ1) is 37.3. The van der Waals surface area contributed by atoms with E-state index < -0.39 is 0 Å². The predicted molar refractivity (Wildman–Crippen MR) is 108 cm³/mol. The van der Waals surface area contributed by atoms with Crippen LogP contribution in [0.3, 0.4) is 0 Å². The number of carbonyl (C=O) groups is 4. The molecule has 164 valence electrons. The van der Waals surface area contributed by atoms with Gasteiger partial charge in [-0.3, -0.25) is 19.2 Å². The topological polar surface area (TPSA) is 149 Å². The molecule has 0 aliphatic carbocycles. The van der Waals surface area contributed by atoms with E-state index in [0.29, 0.717) is 0 Å². The summed E-state index contributed by atoms with van der Waals surface area (Å²) in [6, 6.07) is 0. The molecule has 0 aliphatic heterocycles. The van der Waals surface area contributed by atoms with Crippen molar-refractivity contribution < 1.29 is 61.3 Å². The largest absolute Gasteiger partial charge is 0.512 e. The number of allylic oxidation sites excluding steroid dienone is 8. The first-order valence-corrected chi connectivity index (χ1v) is 8.02. The summed E-state index contributed by atoms with van der Waals surface area (Å²) in [6.07, 6.45) is 4.67. The van der Waals surface area contributed by atoms with Gasteiger partial charge in [0.05, 0.1) is 23.0 Å². The molecule has 0 rings (SSSR count). The van der Waals surface area contributed by atoms with Crippen LogP contribution in [0.15, 0.2) is 47.3 Å². The number of rotatable bonds is 4. The van der Waals surface area contributed by atoms with Crippen molar-refractivity contribution in [1.82, 2.24) is 0 Å². The summed E-state index contributed by atoms with van der Waals surface area (Å²) in [7, 11) is 0. The Kier molecular flexibility index (Phi) is 30.4. The normalized spacial score (nSPS) is 11.0. The Labute approximate surface area is 187 Å². The van der Waals surface area contributed by atoms with Gasteiger partial charge < -0.3 is 20.4 Å². The molecule has 0 fully saturated rings. The zero-order valence-electron chi connectivity index (χ0n) is 18.2. The Hall–Kier alpha value is -2.45. The van der Waals surface area contributed by atoms with Gasteiger partial charge in [0.1, 0.15) is 0 Å². The SMILES string of the molecule is CC(=O)/C=C(\C)O.CC(=O)/C=C(\C)O.CC(=O)/C=C(\C)O.CC(=O)/C=C(\C)O.[Ti]. The summed E-state index contributed by atoms with van der Waals surface area (Å²) >= 11 is 0. The molecule has 8 nitrogen and oxygen atoms in total. The van der Waals surface area contributed by atoms with Crippen LogP contribution in [0.4, 0.5) is 0 Å². The van der Waals surface area contributed by atoms with E-state index in [1.54, 1.807) is 0 Å². The van der Waals surface area contributed by atoms with E-state index in [2.05, 4.69) is 0 Å². The number of aliphatic hydroxyl groups is 4. The maximum absolute atomic E-state index is 10.0. The van der Waals surface area contributed by atoms with Crippen LogP contribution in [0.2, 0.25) is 0 Å². The molecular weight excluding hydrogens is 416 g/mol. The molecule has 0 amide bonds. The molecule has 0 aromatic heterocycles. The van der Waals surface area contributed by atoms with Crippen LogP contribution < -0.4 is 0 Å². The molecule has 0 spiro atoms. The maximum atomic E-state index is 10.0. The third-order valence-corrected chi connectivity index (χ3v) is 1.65. The first-order chi connectivity index (χ1) is 12.5. The van der Waals surface area contributed by atoms with Gasteiger partial charge >= 0.3 is 0 Å². The van der Waals surface area contributed by atoms with E-state index in [1.165, 1.54) is 79.7 Å². The van der Waals surface area contributed by atoms with Crippen molar-refractivity contribution >= 4 is 23.1 Å². The van der Waals surface area contributed by atoms with Gasteiger partial charge in [-0.25, -0.2) is 0 Å². The first-order valence-electron chi connectivity index (χ1n) is 8.02. The molecule has 0 radical (unpaired) electrons. The van der Waals surface area contributed by atoms with Gasteiger partial charge in [-0.05, 0) is 55.4 Å². The van der Waals surface area contributed by atoms with Crippen molar-refractivity contribution in [1.29, 1.82) is 0 Å². The Morgan fingerprint density at radius 2 is 0.517 bits per heavy atom. The van der Waals surface area contributed by atoms with Crippen molar-refractivity contribution in [2.24, 2.45) is 0 Å². The second-order valence-electron chi connectivity index (χ2n) is 5.59. The van der Waals surface area contributed by atoms with Gasteiger partial charge in [0, 0.05) is 46.0 Å². The summed E-state index contributed by atoms with van der Waals surface area (Å²) in [5.41, 5.74) is 0. The van der Waals surface area contributed by atoms with Crippen molar-refractivity contribution in [3.05, 3.63) is 47.3 Å². The fourth-order valence-electron chi connectivity index (χ4n) is 1.18.